The number of pyridine rings is 1. The second-order valence-electron chi connectivity index (χ2n) is 4.78. The lowest BCUT2D eigenvalue weighted by Crippen LogP contribution is -2.20. The highest BCUT2D eigenvalue weighted by Crippen LogP contribution is 2.07. The number of hydrogen-bond acceptors (Lipinski definition) is 1. The first kappa shape index (κ1) is 14.0. The second kappa shape index (κ2) is 8.10. The summed E-state index contributed by atoms with van der Waals surface area (Å²) in [6, 6.07) is 5.48. The molecule has 0 aromatic carbocycles. The summed E-state index contributed by atoms with van der Waals surface area (Å²) in [4.78, 5) is 11.6. The van der Waals surface area contributed by atoms with Crippen molar-refractivity contribution in [2.45, 2.75) is 65.3 Å². The lowest BCUT2D eigenvalue weighted by Gasteiger charge is -2.08. The third-order valence-electron chi connectivity index (χ3n) is 3.25. The predicted octanol–water partition coefficient (Wildman–Crippen LogP) is 3.91. The fourth-order valence-electron chi connectivity index (χ4n) is 2.14. The molecule has 0 aliphatic carbocycles. The van der Waals surface area contributed by atoms with E-state index >= 15 is 0 Å². The predicted molar refractivity (Wildman–Crippen MR) is 73.4 cm³/mol. The average Bonchev–Trinajstić information content (AvgIpc) is 2.31. The van der Waals surface area contributed by atoms with Crippen LogP contribution in [0.4, 0.5) is 0 Å². The molecule has 17 heavy (non-hydrogen) atoms. The van der Waals surface area contributed by atoms with Crippen molar-refractivity contribution >= 4 is 0 Å². The molecule has 0 aliphatic rings. The van der Waals surface area contributed by atoms with E-state index in [9.17, 15) is 4.79 Å². The molecule has 0 aliphatic heterocycles. The van der Waals surface area contributed by atoms with Crippen LogP contribution in [0.1, 0.15) is 57.6 Å². The number of aryl methyl sites for hydroxylation is 1. The first-order valence-electron chi connectivity index (χ1n) is 6.92. The Hall–Kier alpha value is -1.05. The summed E-state index contributed by atoms with van der Waals surface area (Å²) in [7, 11) is 0. The first-order chi connectivity index (χ1) is 8.25. The Morgan fingerprint density at radius 3 is 2.29 bits per heavy atom. The highest BCUT2D eigenvalue weighted by molar-refractivity contribution is 5.04. The van der Waals surface area contributed by atoms with E-state index < -0.39 is 0 Å². The monoisotopic (exact) mass is 235 g/mol. The molecule has 2 nitrogen and oxygen atoms in total. The molecule has 0 bridgehead atoms. The molecule has 0 unspecified atom stereocenters. The molecule has 0 atom stereocenters. The van der Waals surface area contributed by atoms with Gasteiger partial charge < -0.3 is 4.57 Å². The summed E-state index contributed by atoms with van der Waals surface area (Å²) in [5.74, 6) is 0. The molecule has 1 rings (SSSR count). The molecule has 0 spiro atoms. The Morgan fingerprint density at radius 2 is 1.65 bits per heavy atom. The molecule has 1 heterocycles. The van der Waals surface area contributed by atoms with E-state index in [-0.39, 0.29) is 5.56 Å². The van der Waals surface area contributed by atoms with Gasteiger partial charge in [-0.05, 0) is 19.4 Å². The Labute approximate surface area is 105 Å². The molecule has 1 aromatic heterocycles. The molecule has 0 amide bonds. The summed E-state index contributed by atoms with van der Waals surface area (Å²) in [5.41, 5.74) is 1.21. The van der Waals surface area contributed by atoms with Crippen LogP contribution in [0.2, 0.25) is 0 Å². The quantitative estimate of drug-likeness (QED) is 0.626. The van der Waals surface area contributed by atoms with Crippen LogP contribution in [0.5, 0.6) is 0 Å². The fourth-order valence-corrected chi connectivity index (χ4v) is 2.14. The van der Waals surface area contributed by atoms with Crippen LogP contribution in [0.15, 0.2) is 23.0 Å². The number of unbranched alkanes of at least 4 members (excludes halogenated alkanes) is 6. The van der Waals surface area contributed by atoms with Crippen molar-refractivity contribution in [3.63, 3.8) is 0 Å². The van der Waals surface area contributed by atoms with Crippen LogP contribution in [0.3, 0.4) is 0 Å². The van der Waals surface area contributed by atoms with Crippen LogP contribution >= 0.6 is 0 Å². The van der Waals surface area contributed by atoms with E-state index in [1.54, 1.807) is 6.07 Å². The highest BCUT2D eigenvalue weighted by atomic mass is 16.1. The number of rotatable bonds is 8. The Morgan fingerprint density at radius 1 is 1.00 bits per heavy atom. The molecule has 96 valence electrons. The number of aromatic nitrogens is 1. The number of hydrogen-bond donors (Lipinski definition) is 0. The molecule has 0 radical (unpaired) electrons. The maximum Gasteiger partial charge on any atom is 0.250 e. The second-order valence-corrected chi connectivity index (χ2v) is 4.78. The van der Waals surface area contributed by atoms with Gasteiger partial charge in [0.25, 0.3) is 5.56 Å². The highest BCUT2D eigenvalue weighted by Gasteiger charge is 1.98. The zero-order chi connectivity index (χ0) is 12.5. The van der Waals surface area contributed by atoms with E-state index in [0.29, 0.717) is 0 Å². The van der Waals surface area contributed by atoms with E-state index in [1.165, 1.54) is 38.5 Å². The van der Waals surface area contributed by atoms with E-state index in [0.717, 1.165) is 18.7 Å². The minimum absolute atomic E-state index is 0.135. The minimum atomic E-state index is 0.135. The zero-order valence-corrected chi connectivity index (χ0v) is 11.2. The van der Waals surface area contributed by atoms with Gasteiger partial charge in [0.2, 0.25) is 0 Å². The van der Waals surface area contributed by atoms with E-state index in [1.807, 2.05) is 23.6 Å². The normalized spacial score (nSPS) is 10.7. The van der Waals surface area contributed by atoms with Crippen molar-refractivity contribution < 1.29 is 0 Å². The molecule has 1 aromatic rings. The van der Waals surface area contributed by atoms with Gasteiger partial charge >= 0.3 is 0 Å². The Bertz CT molecular complexity index is 367. The van der Waals surface area contributed by atoms with Gasteiger partial charge in [0.1, 0.15) is 0 Å². The maximum atomic E-state index is 11.6. The molecular weight excluding hydrogens is 210 g/mol. The van der Waals surface area contributed by atoms with Crippen molar-refractivity contribution in [1.29, 1.82) is 0 Å². The Kier molecular flexibility index (Phi) is 6.68. The molecule has 2 heteroatoms. The van der Waals surface area contributed by atoms with Gasteiger partial charge in [0, 0.05) is 18.3 Å². The van der Waals surface area contributed by atoms with Crippen LogP contribution < -0.4 is 5.56 Å². The van der Waals surface area contributed by atoms with Crippen molar-refractivity contribution in [2.75, 3.05) is 0 Å². The summed E-state index contributed by atoms with van der Waals surface area (Å²) in [6.45, 7) is 5.12. The first-order valence-corrected chi connectivity index (χ1v) is 6.92. The number of nitrogens with zero attached hydrogens (tertiary/aromatic N) is 1. The van der Waals surface area contributed by atoms with E-state index in [2.05, 4.69) is 6.92 Å². The Balaban J connectivity index is 2.20. The third-order valence-corrected chi connectivity index (χ3v) is 3.25. The lowest BCUT2D eigenvalue weighted by atomic mass is 10.1. The maximum absolute atomic E-state index is 11.6. The van der Waals surface area contributed by atoms with Crippen LogP contribution in [0, 0.1) is 6.92 Å². The SMILES string of the molecule is CCCCCCCCCn1c(C)cccc1=O. The van der Waals surface area contributed by atoms with Crippen LogP contribution in [-0.2, 0) is 6.54 Å². The summed E-state index contributed by atoms with van der Waals surface area (Å²) in [6.07, 6.45) is 9.04. The van der Waals surface area contributed by atoms with Crippen molar-refractivity contribution in [3.8, 4) is 0 Å². The van der Waals surface area contributed by atoms with Gasteiger partial charge in [-0.25, -0.2) is 0 Å². The molecule has 0 N–H and O–H groups in total. The minimum Gasteiger partial charge on any atom is -0.313 e. The third kappa shape index (κ3) is 5.20. The van der Waals surface area contributed by atoms with Crippen molar-refractivity contribution in [1.82, 2.24) is 4.57 Å². The summed E-state index contributed by atoms with van der Waals surface area (Å²) >= 11 is 0. The van der Waals surface area contributed by atoms with E-state index in [4.69, 9.17) is 0 Å². The van der Waals surface area contributed by atoms with Gasteiger partial charge in [-0.15, -0.1) is 0 Å². The fraction of sp³-hybridized carbons (Fsp3) is 0.667. The summed E-state index contributed by atoms with van der Waals surface area (Å²) in [5, 5.41) is 0. The van der Waals surface area contributed by atoms with Crippen LogP contribution in [-0.4, -0.2) is 4.57 Å². The van der Waals surface area contributed by atoms with Crippen molar-refractivity contribution in [2.24, 2.45) is 0 Å². The smallest absolute Gasteiger partial charge is 0.250 e. The lowest BCUT2D eigenvalue weighted by molar-refractivity contribution is 0.537. The molecule has 0 saturated carbocycles. The zero-order valence-electron chi connectivity index (χ0n) is 11.2. The topological polar surface area (TPSA) is 22.0 Å². The van der Waals surface area contributed by atoms with Gasteiger partial charge in [0.15, 0.2) is 0 Å². The van der Waals surface area contributed by atoms with Gasteiger partial charge in [-0.1, -0.05) is 51.5 Å². The van der Waals surface area contributed by atoms with Gasteiger partial charge in [-0.3, -0.25) is 4.79 Å². The molecule has 0 saturated heterocycles. The van der Waals surface area contributed by atoms with Crippen molar-refractivity contribution in [3.05, 3.63) is 34.2 Å². The largest absolute Gasteiger partial charge is 0.313 e. The molecule has 0 fully saturated rings. The van der Waals surface area contributed by atoms with Gasteiger partial charge in [0.05, 0.1) is 0 Å². The van der Waals surface area contributed by atoms with Crippen LogP contribution in [0.25, 0.3) is 0 Å². The standard InChI is InChI=1S/C15H25NO/c1-3-4-5-6-7-8-9-13-16-14(2)11-10-12-15(16)17/h10-12H,3-9,13H2,1-2H3. The average molecular weight is 235 g/mol. The molecular formula is C15H25NO. The van der Waals surface area contributed by atoms with Gasteiger partial charge in [-0.2, -0.15) is 0 Å². The summed E-state index contributed by atoms with van der Waals surface area (Å²) < 4.78 is 1.88.